The van der Waals surface area contributed by atoms with Crippen molar-refractivity contribution in [1.82, 2.24) is 5.32 Å². The largest absolute Gasteiger partial charge is 0.393 e. The number of thiocarbonyl (C=S) groups is 1. The summed E-state index contributed by atoms with van der Waals surface area (Å²) in [5, 5.41) is 21.8. The van der Waals surface area contributed by atoms with Gasteiger partial charge < -0.3 is 5.11 Å². The van der Waals surface area contributed by atoms with Gasteiger partial charge in [-0.1, -0.05) is 19.4 Å². The Bertz CT molecular complexity index is 779. The number of allylic oxidation sites excluding steroid dienone is 1. The molecule has 27 heavy (non-hydrogen) atoms. The molecular formula is C21H29N3O2S. The standard InChI is InChI=1S/C21H29N3O2S/c1-19-9-10-21(17(26)22-18(27)23-24-21)11-12(19)3-4-13-14-5-6-16(25)20(14,2)8-7-15(13)19/h11,13-16,25H,3-10H2,1-2H3,(H,22,26,27)/t13-,14-,15-,16-,19-,20-,21?/m0/s1. The van der Waals surface area contributed by atoms with Gasteiger partial charge in [-0.2, -0.15) is 5.11 Å². The van der Waals surface area contributed by atoms with Crippen LogP contribution in [0.4, 0.5) is 0 Å². The van der Waals surface area contributed by atoms with Gasteiger partial charge in [0.2, 0.25) is 5.11 Å². The number of aliphatic hydroxyl groups is 1. The lowest BCUT2D eigenvalue weighted by Crippen LogP contribution is -2.55. The fourth-order valence-corrected chi connectivity index (χ4v) is 7.49. The van der Waals surface area contributed by atoms with Crippen molar-refractivity contribution < 1.29 is 9.90 Å². The highest BCUT2D eigenvalue weighted by Gasteiger charge is 2.60. The fourth-order valence-electron chi connectivity index (χ4n) is 7.36. The van der Waals surface area contributed by atoms with Crippen molar-refractivity contribution in [3.05, 3.63) is 11.6 Å². The normalized spacial score (nSPS) is 51.3. The number of fused-ring (bicyclic) bond motifs is 5. The zero-order chi connectivity index (χ0) is 19.0. The van der Waals surface area contributed by atoms with Gasteiger partial charge >= 0.3 is 0 Å². The molecule has 0 saturated heterocycles. The highest BCUT2D eigenvalue weighted by atomic mass is 32.1. The minimum absolute atomic E-state index is 0.113. The number of aliphatic hydroxyl groups excluding tert-OH is 1. The molecule has 0 aromatic rings. The van der Waals surface area contributed by atoms with Crippen LogP contribution in [-0.4, -0.2) is 27.8 Å². The van der Waals surface area contributed by atoms with E-state index < -0.39 is 5.54 Å². The summed E-state index contributed by atoms with van der Waals surface area (Å²) >= 11 is 4.98. The summed E-state index contributed by atoms with van der Waals surface area (Å²) in [7, 11) is 0. The van der Waals surface area contributed by atoms with Crippen LogP contribution >= 0.6 is 12.2 Å². The zero-order valence-corrected chi connectivity index (χ0v) is 17.0. The molecular weight excluding hydrogens is 358 g/mol. The first-order chi connectivity index (χ1) is 12.8. The van der Waals surface area contributed by atoms with Crippen molar-refractivity contribution >= 4 is 23.2 Å². The Morgan fingerprint density at radius 3 is 2.74 bits per heavy atom. The van der Waals surface area contributed by atoms with Crippen molar-refractivity contribution in [2.24, 2.45) is 38.8 Å². The van der Waals surface area contributed by atoms with E-state index in [1.54, 1.807) is 0 Å². The van der Waals surface area contributed by atoms with Crippen LogP contribution in [0, 0.1) is 28.6 Å². The van der Waals surface area contributed by atoms with Gasteiger partial charge in [0.25, 0.3) is 5.91 Å². The molecule has 1 amide bonds. The highest BCUT2D eigenvalue weighted by molar-refractivity contribution is 7.80. The van der Waals surface area contributed by atoms with Gasteiger partial charge in [0, 0.05) is 0 Å². The van der Waals surface area contributed by atoms with E-state index >= 15 is 0 Å². The molecule has 2 N–H and O–H groups in total. The van der Waals surface area contributed by atoms with E-state index in [9.17, 15) is 9.90 Å². The fraction of sp³-hybridized carbons (Fsp3) is 0.810. The number of nitrogens with one attached hydrogen (secondary N) is 1. The smallest absolute Gasteiger partial charge is 0.260 e. The summed E-state index contributed by atoms with van der Waals surface area (Å²) in [6.07, 6.45) is 10.4. The SMILES string of the molecule is C[C@]12CC[C@H]3[C@@H](CCC4=CC5(CC[C@@]43C)N=NC(=S)NC5=O)[C@@H]1CC[C@@H]2O. The first-order valence-corrected chi connectivity index (χ1v) is 10.9. The summed E-state index contributed by atoms with van der Waals surface area (Å²) in [6.45, 7) is 4.74. The molecule has 5 rings (SSSR count). The molecule has 5 nitrogen and oxygen atoms in total. The Morgan fingerprint density at radius 1 is 1.15 bits per heavy atom. The molecule has 4 aliphatic carbocycles. The van der Waals surface area contributed by atoms with E-state index in [1.165, 1.54) is 24.8 Å². The molecule has 1 heterocycles. The Hall–Kier alpha value is -1.14. The van der Waals surface area contributed by atoms with Crippen molar-refractivity contribution in [1.29, 1.82) is 0 Å². The van der Waals surface area contributed by atoms with Crippen molar-refractivity contribution in [3.63, 3.8) is 0 Å². The van der Waals surface area contributed by atoms with Gasteiger partial charge in [0.15, 0.2) is 5.54 Å². The summed E-state index contributed by atoms with van der Waals surface area (Å²) < 4.78 is 0. The molecule has 0 aromatic heterocycles. The molecule has 1 unspecified atom stereocenters. The average molecular weight is 388 g/mol. The number of rotatable bonds is 0. The van der Waals surface area contributed by atoms with Gasteiger partial charge in [-0.05, 0) is 98.2 Å². The maximum atomic E-state index is 12.6. The Kier molecular flexibility index (Phi) is 3.78. The van der Waals surface area contributed by atoms with E-state index in [1.807, 2.05) is 0 Å². The van der Waals surface area contributed by atoms with Crippen molar-refractivity contribution in [2.75, 3.05) is 0 Å². The third-order valence-corrected chi connectivity index (χ3v) is 9.24. The van der Waals surface area contributed by atoms with E-state index in [0.29, 0.717) is 24.2 Å². The minimum Gasteiger partial charge on any atom is -0.393 e. The van der Waals surface area contributed by atoms with Crippen LogP contribution in [0.2, 0.25) is 0 Å². The van der Waals surface area contributed by atoms with Crippen LogP contribution < -0.4 is 5.32 Å². The van der Waals surface area contributed by atoms with Crippen LogP contribution in [0.25, 0.3) is 0 Å². The van der Waals surface area contributed by atoms with Crippen LogP contribution in [0.15, 0.2) is 21.9 Å². The lowest BCUT2D eigenvalue weighted by Gasteiger charge is -2.58. The zero-order valence-electron chi connectivity index (χ0n) is 16.2. The Balaban J connectivity index is 1.49. The van der Waals surface area contributed by atoms with Crippen LogP contribution in [0.1, 0.15) is 65.2 Å². The van der Waals surface area contributed by atoms with Gasteiger partial charge in [0.05, 0.1) is 6.10 Å². The van der Waals surface area contributed by atoms with Gasteiger partial charge in [-0.3, -0.25) is 10.1 Å². The third-order valence-electron chi connectivity index (χ3n) is 9.06. The van der Waals surface area contributed by atoms with Gasteiger partial charge in [-0.25, -0.2) is 0 Å². The predicted molar refractivity (Wildman–Crippen MR) is 106 cm³/mol. The van der Waals surface area contributed by atoms with Gasteiger partial charge in [-0.15, -0.1) is 5.11 Å². The number of carbonyl (C=O) groups is 1. The van der Waals surface area contributed by atoms with E-state index in [2.05, 4.69) is 35.5 Å². The highest BCUT2D eigenvalue weighted by Crippen LogP contribution is 2.66. The molecule has 0 aromatic carbocycles. The van der Waals surface area contributed by atoms with E-state index in [0.717, 1.165) is 25.7 Å². The maximum absolute atomic E-state index is 12.6. The molecule has 5 aliphatic rings. The molecule has 0 radical (unpaired) electrons. The third kappa shape index (κ3) is 2.32. The monoisotopic (exact) mass is 387 g/mol. The summed E-state index contributed by atoms with van der Waals surface area (Å²) in [4.78, 5) is 12.6. The molecule has 146 valence electrons. The first-order valence-electron chi connectivity index (χ1n) is 10.5. The summed E-state index contributed by atoms with van der Waals surface area (Å²) in [5.74, 6) is 1.89. The molecule has 6 heteroatoms. The Morgan fingerprint density at radius 2 is 1.96 bits per heavy atom. The number of azo groups is 1. The molecule has 1 aliphatic heterocycles. The Labute approximate surface area is 166 Å². The predicted octanol–water partition coefficient (Wildman–Crippen LogP) is 3.92. The number of amides is 1. The second-order valence-electron chi connectivity index (χ2n) is 10.0. The average Bonchev–Trinajstić information content (AvgIpc) is 2.94. The van der Waals surface area contributed by atoms with Crippen LogP contribution in [0.3, 0.4) is 0 Å². The molecule has 3 fully saturated rings. The van der Waals surface area contributed by atoms with E-state index in [4.69, 9.17) is 12.2 Å². The summed E-state index contributed by atoms with van der Waals surface area (Å²) in [5.41, 5.74) is 0.814. The molecule has 3 saturated carbocycles. The number of nitrogens with zero attached hydrogens (tertiary/aromatic N) is 2. The van der Waals surface area contributed by atoms with Crippen LogP contribution in [-0.2, 0) is 4.79 Å². The lowest BCUT2D eigenvalue weighted by atomic mass is 9.46. The lowest BCUT2D eigenvalue weighted by molar-refractivity contribution is -0.125. The van der Waals surface area contributed by atoms with Gasteiger partial charge in [0.1, 0.15) is 0 Å². The van der Waals surface area contributed by atoms with Crippen molar-refractivity contribution in [3.8, 4) is 0 Å². The minimum atomic E-state index is -0.850. The maximum Gasteiger partial charge on any atom is 0.260 e. The van der Waals surface area contributed by atoms with Crippen molar-refractivity contribution in [2.45, 2.75) is 76.9 Å². The molecule has 1 spiro atoms. The molecule has 7 atom stereocenters. The number of hydrogen-bond acceptors (Lipinski definition) is 4. The second kappa shape index (κ2) is 5.69. The van der Waals surface area contributed by atoms with Crippen LogP contribution in [0.5, 0.6) is 0 Å². The molecule has 0 bridgehead atoms. The first kappa shape index (κ1) is 17.9. The second-order valence-corrected chi connectivity index (χ2v) is 10.4. The summed E-state index contributed by atoms with van der Waals surface area (Å²) in [6, 6.07) is 0. The number of hydrogen-bond donors (Lipinski definition) is 2. The quantitative estimate of drug-likeness (QED) is 0.489. The number of carbonyl (C=O) groups excluding carboxylic acids is 1. The van der Waals surface area contributed by atoms with E-state index in [-0.39, 0.29) is 28.0 Å². The topological polar surface area (TPSA) is 74.0 Å².